The maximum absolute atomic E-state index is 5.56. The van der Waals surface area contributed by atoms with E-state index in [1.807, 2.05) is 25.1 Å². The highest BCUT2D eigenvalue weighted by molar-refractivity contribution is 14.0. The Hall–Kier alpha value is -1.96. The highest BCUT2D eigenvalue weighted by Gasteiger charge is 2.06. The van der Waals surface area contributed by atoms with Gasteiger partial charge in [0.05, 0.1) is 13.7 Å². The van der Waals surface area contributed by atoms with E-state index in [0.29, 0.717) is 13.2 Å². The predicted octanol–water partition coefficient (Wildman–Crippen LogP) is 4.19. The Balaban J connectivity index is 0.00000364. The number of benzene rings is 2. The Morgan fingerprint density at radius 2 is 1.74 bits per heavy atom. The highest BCUT2D eigenvalue weighted by Crippen LogP contribution is 2.27. The van der Waals surface area contributed by atoms with Crippen molar-refractivity contribution in [1.29, 1.82) is 0 Å². The van der Waals surface area contributed by atoms with Crippen molar-refractivity contribution in [3.8, 4) is 11.5 Å². The molecule has 0 aromatic heterocycles. The van der Waals surface area contributed by atoms with Gasteiger partial charge in [-0.05, 0) is 49.6 Å². The van der Waals surface area contributed by atoms with E-state index in [-0.39, 0.29) is 24.0 Å². The average molecular weight is 483 g/mol. The summed E-state index contributed by atoms with van der Waals surface area (Å²) in [4.78, 5) is 4.29. The number of ether oxygens (including phenoxy) is 2. The molecule has 5 nitrogen and oxygen atoms in total. The largest absolute Gasteiger partial charge is 0.493 e. The molecule has 0 aliphatic heterocycles. The molecule has 0 unspecified atom stereocenters. The van der Waals surface area contributed by atoms with Gasteiger partial charge in [-0.15, -0.1) is 24.0 Å². The maximum atomic E-state index is 5.56. The number of halogens is 1. The Kier molecular flexibility index (Phi) is 9.99. The number of rotatable bonds is 7. The summed E-state index contributed by atoms with van der Waals surface area (Å²) in [6.07, 6.45) is 0. The summed E-state index contributed by atoms with van der Waals surface area (Å²) in [5.41, 5.74) is 4.92. The van der Waals surface area contributed by atoms with E-state index in [4.69, 9.17) is 9.47 Å². The normalized spacial score (nSPS) is 10.8. The van der Waals surface area contributed by atoms with Gasteiger partial charge < -0.3 is 20.1 Å². The van der Waals surface area contributed by atoms with Crippen LogP contribution in [0.3, 0.4) is 0 Å². The minimum atomic E-state index is 0. The molecule has 2 aromatic carbocycles. The van der Waals surface area contributed by atoms with Crippen molar-refractivity contribution in [3.05, 3.63) is 58.7 Å². The summed E-state index contributed by atoms with van der Waals surface area (Å²) in [6, 6.07) is 12.4. The number of hydrogen-bond acceptors (Lipinski definition) is 3. The Morgan fingerprint density at radius 3 is 2.37 bits per heavy atom. The lowest BCUT2D eigenvalue weighted by Crippen LogP contribution is -2.36. The zero-order valence-electron chi connectivity index (χ0n) is 16.8. The van der Waals surface area contributed by atoms with Gasteiger partial charge in [0.2, 0.25) is 0 Å². The second-order valence-corrected chi connectivity index (χ2v) is 6.13. The SMILES string of the molecule is CCOc1ccc(CNC(=NC)NCc2ccc(C)cc2C)cc1OC.I. The van der Waals surface area contributed by atoms with Crippen LogP contribution in [0.1, 0.15) is 29.2 Å². The van der Waals surface area contributed by atoms with E-state index in [1.165, 1.54) is 16.7 Å². The standard InChI is InChI=1S/C21H29N3O2.HI/c1-6-26-19-10-8-17(12-20(19)25-5)13-23-21(22-4)24-14-18-9-7-15(2)11-16(18)3;/h7-12H,6,13-14H2,1-5H3,(H2,22,23,24);1H. The first-order valence-electron chi connectivity index (χ1n) is 8.87. The van der Waals surface area contributed by atoms with Crippen LogP contribution in [-0.4, -0.2) is 26.7 Å². The fourth-order valence-corrected chi connectivity index (χ4v) is 2.73. The number of methoxy groups -OCH3 is 1. The summed E-state index contributed by atoms with van der Waals surface area (Å²) in [7, 11) is 3.43. The summed E-state index contributed by atoms with van der Waals surface area (Å²) in [6.45, 7) is 8.19. The third kappa shape index (κ3) is 6.93. The molecule has 0 atom stereocenters. The van der Waals surface area contributed by atoms with E-state index in [9.17, 15) is 0 Å². The molecule has 2 aromatic rings. The van der Waals surface area contributed by atoms with Crippen molar-refractivity contribution in [2.45, 2.75) is 33.9 Å². The molecule has 0 amide bonds. The van der Waals surface area contributed by atoms with Crippen molar-refractivity contribution in [2.24, 2.45) is 4.99 Å². The van der Waals surface area contributed by atoms with Crippen molar-refractivity contribution in [1.82, 2.24) is 10.6 Å². The Morgan fingerprint density at radius 1 is 1.00 bits per heavy atom. The van der Waals surface area contributed by atoms with Crippen LogP contribution in [0.25, 0.3) is 0 Å². The Labute approximate surface area is 179 Å². The first-order valence-corrected chi connectivity index (χ1v) is 8.87. The number of guanidine groups is 1. The third-order valence-electron chi connectivity index (χ3n) is 4.16. The molecule has 0 aliphatic rings. The minimum Gasteiger partial charge on any atom is -0.493 e. The lowest BCUT2D eigenvalue weighted by molar-refractivity contribution is 0.310. The summed E-state index contributed by atoms with van der Waals surface area (Å²) in [5.74, 6) is 2.26. The number of hydrogen-bond donors (Lipinski definition) is 2. The van der Waals surface area contributed by atoms with E-state index >= 15 is 0 Å². The van der Waals surface area contributed by atoms with E-state index in [2.05, 4.69) is 47.7 Å². The van der Waals surface area contributed by atoms with Gasteiger partial charge in [-0.25, -0.2) is 0 Å². The molecule has 0 heterocycles. The van der Waals surface area contributed by atoms with E-state index in [0.717, 1.165) is 29.6 Å². The summed E-state index contributed by atoms with van der Waals surface area (Å²) >= 11 is 0. The molecule has 2 rings (SSSR count). The zero-order valence-corrected chi connectivity index (χ0v) is 19.1. The molecule has 0 fully saturated rings. The molecule has 2 N–H and O–H groups in total. The Bertz CT molecular complexity index is 763. The van der Waals surface area contributed by atoms with Crippen LogP contribution in [0, 0.1) is 13.8 Å². The smallest absolute Gasteiger partial charge is 0.191 e. The van der Waals surface area contributed by atoms with Gasteiger partial charge in [0.1, 0.15) is 0 Å². The molecule has 0 spiro atoms. The highest BCUT2D eigenvalue weighted by atomic mass is 127. The van der Waals surface area contributed by atoms with Crippen LogP contribution in [0.2, 0.25) is 0 Å². The first kappa shape index (κ1) is 23.1. The fraction of sp³-hybridized carbons (Fsp3) is 0.381. The third-order valence-corrected chi connectivity index (χ3v) is 4.16. The monoisotopic (exact) mass is 483 g/mol. The molecule has 0 aliphatic carbocycles. The topological polar surface area (TPSA) is 54.9 Å². The van der Waals surface area contributed by atoms with E-state index in [1.54, 1.807) is 14.2 Å². The minimum absolute atomic E-state index is 0. The van der Waals surface area contributed by atoms with Crippen LogP contribution >= 0.6 is 24.0 Å². The molecular weight excluding hydrogens is 453 g/mol. The lowest BCUT2D eigenvalue weighted by Gasteiger charge is -2.15. The molecular formula is C21H30IN3O2. The van der Waals surface area contributed by atoms with Gasteiger partial charge in [-0.1, -0.05) is 29.8 Å². The summed E-state index contributed by atoms with van der Waals surface area (Å²) in [5, 5.41) is 6.69. The van der Waals surface area contributed by atoms with E-state index < -0.39 is 0 Å². The van der Waals surface area contributed by atoms with Crippen molar-refractivity contribution in [2.75, 3.05) is 20.8 Å². The average Bonchev–Trinajstić information content (AvgIpc) is 2.64. The van der Waals surface area contributed by atoms with Crippen molar-refractivity contribution >= 4 is 29.9 Å². The van der Waals surface area contributed by atoms with Crippen LogP contribution in [0.15, 0.2) is 41.4 Å². The van der Waals surface area contributed by atoms with Crippen LogP contribution in [-0.2, 0) is 13.1 Å². The number of aryl methyl sites for hydroxylation is 2. The quantitative estimate of drug-likeness (QED) is 0.352. The molecule has 0 bridgehead atoms. The second kappa shape index (κ2) is 11.7. The molecule has 0 radical (unpaired) electrons. The van der Waals surface area contributed by atoms with Crippen LogP contribution in [0.4, 0.5) is 0 Å². The lowest BCUT2D eigenvalue weighted by atomic mass is 10.1. The van der Waals surface area contributed by atoms with Crippen LogP contribution in [0.5, 0.6) is 11.5 Å². The van der Waals surface area contributed by atoms with Crippen molar-refractivity contribution in [3.63, 3.8) is 0 Å². The first-order chi connectivity index (χ1) is 12.6. The molecule has 0 saturated carbocycles. The van der Waals surface area contributed by atoms with Gasteiger partial charge in [0.25, 0.3) is 0 Å². The number of nitrogens with one attached hydrogen (secondary N) is 2. The van der Waals surface area contributed by atoms with Crippen LogP contribution < -0.4 is 20.1 Å². The van der Waals surface area contributed by atoms with Gasteiger partial charge in [-0.3, -0.25) is 4.99 Å². The maximum Gasteiger partial charge on any atom is 0.191 e. The predicted molar refractivity (Wildman–Crippen MR) is 123 cm³/mol. The number of nitrogens with zero attached hydrogens (tertiary/aromatic N) is 1. The fourth-order valence-electron chi connectivity index (χ4n) is 2.73. The molecule has 6 heteroatoms. The molecule has 0 saturated heterocycles. The number of aliphatic imine (C=N–C) groups is 1. The summed E-state index contributed by atoms with van der Waals surface area (Å²) < 4.78 is 11.0. The van der Waals surface area contributed by atoms with Gasteiger partial charge in [-0.2, -0.15) is 0 Å². The molecule has 27 heavy (non-hydrogen) atoms. The zero-order chi connectivity index (χ0) is 18.9. The van der Waals surface area contributed by atoms with Gasteiger partial charge >= 0.3 is 0 Å². The van der Waals surface area contributed by atoms with Crippen molar-refractivity contribution < 1.29 is 9.47 Å². The van der Waals surface area contributed by atoms with Gasteiger partial charge in [0.15, 0.2) is 17.5 Å². The van der Waals surface area contributed by atoms with Gasteiger partial charge in [0, 0.05) is 20.1 Å². The molecule has 148 valence electrons. The second-order valence-electron chi connectivity index (χ2n) is 6.13.